The maximum absolute atomic E-state index is 14.6. The Bertz CT molecular complexity index is 864. The van der Waals surface area contributed by atoms with Crippen molar-refractivity contribution in [2.45, 2.75) is 19.5 Å². The Morgan fingerprint density at radius 3 is 2.64 bits per heavy atom. The number of halogens is 3. The number of piperazine rings is 1. The molecule has 1 aliphatic rings. The minimum absolute atomic E-state index is 0.0111. The molecule has 2 aromatic carbocycles. The van der Waals surface area contributed by atoms with Crippen molar-refractivity contribution in [2.75, 3.05) is 26.2 Å². The van der Waals surface area contributed by atoms with Crippen LogP contribution in [0.2, 0.25) is 0 Å². The van der Waals surface area contributed by atoms with Gasteiger partial charge in [-0.2, -0.15) is 0 Å². The molecule has 3 N–H and O–H groups in total. The molecule has 0 spiro atoms. The van der Waals surface area contributed by atoms with Gasteiger partial charge in [0.1, 0.15) is 11.6 Å². The highest BCUT2D eigenvalue weighted by Gasteiger charge is 2.28. The number of nitrogen functional groups attached to an aromatic ring is 1. The van der Waals surface area contributed by atoms with Gasteiger partial charge in [-0.3, -0.25) is 15.1 Å². The SMILES string of the molecule is CCN1CCN(Cc2ccc(C(=O)NN)cc2F)C(c2ccc(F)c(Br)c2)C1. The van der Waals surface area contributed by atoms with Crippen molar-refractivity contribution in [3.8, 4) is 0 Å². The van der Waals surface area contributed by atoms with Gasteiger partial charge in [0, 0.05) is 43.3 Å². The molecule has 150 valence electrons. The number of nitrogens with zero attached hydrogens (tertiary/aromatic N) is 2. The predicted octanol–water partition coefficient (Wildman–Crippen LogP) is 3.21. The lowest BCUT2D eigenvalue weighted by atomic mass is 10.0. The van der Waals surface area contributed by atoms with E-state index in [0.29, 0.717) is 16.6 Å². The van der Waals surface area contributed by atoms with Gasteiger partial charge in [-0.1, -0.05) is 19.1 Å². The Labute approximate surface area is 171 Å². The van der Waals surface area contributed by atoms with E-state index in [4.69, 9.17) is 5.84 Å². The maximum Gasteiger partial charge on any atom is 0.265 e. The van der Waals surface area contributed by atoms with Crippen molar-refractivity contribution >= 4 is 21.8 Å². The summed E-state index contributed by atoms with van der Waals surface area (Å²) >= 11 is 3.26. The normalized spacial score (nSPS) is 18.2. The van der Waals surface area contributed by atoms with Gasteiger partial charge >= 0.3 is 0 Å². The second-order valence-electron chi connectivity index (χ2n) is 6.83. The van der Waals surface area contributed by atoms with E-state index in [0.717, 1.165) is 31.7 Å². The highest BCUT2D eigenvalue weighted by atomic mass is 79.9. The molecular formula is C20H23BrF2N4O. The first kappa shape index (κ1) is 20.9. The Morgan fingerprint density at radius 1 is 1.21 bits per heavy atom. The first-order chi connectivity index (χ1) is 13.4. The number of hydrogen-bond acceptors (Lipinski definition) is 4. The van der Waals surface area contributed by atoms with Gasteiger partial charge in [-0.05, 0) is 52.3 Å². The summed E-state index contributed by atoms with van der Waals surface area (Å²) < 4.78 is 28.7. The molecule has 0 radical (unpaired) electrons. The van der Waals surface area contributed by atoms with Crippen molar-refractivity contribution in [3.05, 3.63) is 69.2 Å². The van der Waals surface area contributed by atoms with E-state index in [1.807, 2.05) is 5.43 Å². The van der Waals surface area contributed by atoms with Crippen LogP contribution in [0.5, 0.6) is 0 Å². The smallest absolute Gasteiger partial charge is 0.265 e. The summed E-state index contributed by atoms with van der Waals surface area (Å²) in [5.74, 6) is 3.82. The molecule has 0 aliphatic carbocycles. The molecule has 1 saturated heterocycles. The minimum Gasteiger partial charge on any atom is -0.300 e. The van der Waals surface area contributed by atoms with E-state index in [-0.39, 0.29) is 17.4 Å². The van der Waals surface area contributed by atoms with Crippen LogP contribution in [0.15, 0.2) is 40.9 Å². The quantitative estimate of drug-likeness (QED) is 0.415. The predicted molar refractivity (Wildman–Crippen MR) is 107 cm³/mol. The van der Waals surface area contributed by atoms with Crippen LogP contribution in [0.25, 0.3) is 0 Å². The van der Waals surface area contributed by atoms with Crippen molar-refractivity contribution in [3.63, 3.8) is 0 Å². The molecule has 5 nitrogen and oxygen atoms in total. The van der Waals surface area contributed by atoms with Crippen molar-refractivity contribution in [2.24, 2.45) is 5.84 Å². The second-order valence-corrected chi connectivity index (χ2v) is 7.69. The first-order valence-corrected chi connectivity index (χ1v) is 9.93. The van der Waals surface area contributed by atoms with Gasteiger partial charge < -0.3 is 4.90 Å². The molecule has 3 rings (SSSR count). The van der Waals surface area contributed by atoms with Gasteiger partial charge in [0.05, 0.1) is 4.47 Å². The van der Waals surface area contributed by atoms with Crippen LogP contribution in [-0.4, -0.2) is 41.9 Å². The standard InChI is InChI=1S/C20H23BrF2N4O/c1-2-26-7-8-27(19(12-26)13-5-6-17(22)16(21)9-13)11-15-4-3-14(10-18(15)23)20(28)25-24/h3-6,9-10,19H,2,7-8,11-12,24H2,1H3,(H,25,28). The topological polar surface area (TPSA) is 61.6 Å². The average molecular weight is 453 g/mol. The number of benzene rings is 2. The molecule has 1 fully saturated rings. The van der Waals surface area contributed by atoms with Crippen LogP contribution in [0, 0.1) is 11.6 Å². The van der Waals surface area contributed by atoms with Crippen molar-refractivity contribution < 1.29 is 13.6 Å². The lowest BCUT2D eigenvalue weighted by molar-refractivity contribution is 0.0703. The summed E-state index contributed by atoms with van der Waals surface area (Å²) in [5.41, 5.74) is 3.66. The molecule has 1 unspecified atom stereocenters. The second kappa shape index (κ2) is 9.09. The van der Waals surface area contributed by atoms with E-state index < -0.39 is 11.7 Å². The fourth-order valence-corrected chi connectivity index (χ4v) is 3.90. The largest absolute Gasteiger partial charge is 0.300 e. The van der Waals surface area contributed by atoms with Crippen LogP contribution in [0.3, 0.4) is 0 Å². The third-order valence-electron chi connectivity index (χ3n) is 5.17. The monoisotopic (exact) mass is 452 g/mol. The average Bonchev–Trinajstić information content (AvgIpc) is 2.71. The lowest BCUT2D eigenvalue weighted by Crippen LogP contribution is -2.47. The summed E-state index contributed by atoms with van der Waals surface area (Å²) in [7, 11) is 0. The van der Waals surface area contributed by atoms with E-state index in [1.54, 1.807) is 24.3 Å². The maximum atomic E-state index is 14.6. The molecule has 8 heteroatoms. The van der Waals surface area contributed by atoms with Crippen LogP contribution in [-0.2, 0) is 6.54 Å². The summed E-state index contributed by atoms with van der Waals surface area (Å²) in [6, 6.07) is 9.40. The van der Waals surface area contributed by atoms with E-state index in [9.17, 15) is 13.6 Å². The van der Waals surface area contributed by atoms with Crippen LogP contribution in [0.4, 0.5) is 8.78 Å². The molecule has 0 aromatic heterocycles. The van der Waals surface area contributed by atoms with Gasteiger partial charge in [0.25, 0.3) is 5.91 Å². The molecule has 1 amide bonds. The number of carbonyl (C=O) groups is 1. The third-order valence-corrected chi connectivity index (χ3v) is 5.78. The van der Waals surface area contributed by atoms with E-state index in [2.05, 4.69) is 32.7 Å². The van der Waals surface area contributed by atoms with E-state index >= 15 is 0 Å². The summed E-state index contributed by atoms with van der Waals surface area (Å²) in [4.78, 5) is 16.1. The molecule has 0 bridgehead atoms. The molecule has 2 aromatic rings. The van der Waals surface area contributed by atoms with Crippen LogP contribution < -0.4 is 11.3 Å². The number of rotatable bonds is 5. The highest BCUT2D eigenvalue weighted by molar-refractivity contribution is 9.10. The Morgan fingerprint density at radius 2 is 2.00 bits per heavy atom. The Hall–Kier alpha value is -1.87. The third kappa shape index (κ3) is 4.57. The Balaban J connectivity index is 1.86. The van der Waals surface area contributed by atoms with Crippen molar-refractivity contribution in [1.82, 2.24) is 15.2 Å². The zero-order valence-corrected chi connectivity index (χ0v) is 17.2. The zero-order chi connectivity index (χ0) is 20.3. The summed E-state index contributed by atoms with van der Waals surface area (Å²) in [5, 5.41) is 0. The minimum atomic E-state index is -0.531. The molecular weight excluding hydrogens is 430 g/mol. The number of hydrogen-bond donors (Lipinski definition) is 2. The molecule has 1 heterocycles. The molecule has 0 saturated carbocycles. The zero-order valence-electron chi connectivity index (χ0n) is 15.6. The number of likely N-dealkylation sites (N-methyl/N-ethyl adjacent to an activating group) is 1. The molecule has 1 aliphatic heterocycles. The fourth-order valence-electron chi connectivity index (χ4n) is 3.51. The molecule has 28 heavy (non-hydrogen) atoms. The van der Waals surface area contributed by atoms with E-state index in [1.165, 1.54) is 12.1 Å². The summed E-state index contributed by atoms with van der Waals surface area (Å²) in [6.45, 7) is 5.85. The first-order valence-electron chi connectivity index (χ1n) is 9.13. The van der Waals surface area contributed by atoms with Crippen LogP contribution in [0.1, 0.15) is 34.5 Å². The fraction of sp³-hybridized carbons (Fsp3) is 0.350. The van der Waals surface area contributed by atoms with Crippen LogP contribution >= 0.6 is 15.9 Å². The number of amides is 1. The molecule has 1 atom stereocenters. The Kier molecular flexibility index (Phi) is 6.77. The number of nitrogens with two attached hydrogens (primary N) is 1. The van der Waals surface area contributed by atoms with Gasteiger partial charge in [0.15, 0.2) is 0 Å². The number of carbonyl (C=O) groups excluding carboxylic acids is 1. The van der Waals surface area contributed by atoms with Gasteiger partial charge in [0.2, 0.25) is 0 Å². The summed E-state index contributed by atoms with van der Waals surface area (Å²) in [6.07, 6.45) is 0. The van der Waals surface area contributed by atoms with Gasteiger partial charge in [-0.15, -0.1) is 0 Å². The highest BCUT2D eigenvalue weighted by Crippen LogP contribution is 2.30. The van der Waals surface area contributed by atoms with Crippen molar-refractivity contribution in [1.29, 1.82) is 0 Å². The van der Waals surface area contributed by atoms with Gasteiger partial charge in [-0.25, -0.2) is 14.6 Å². The lowest BCUT2D eigenvalue weighted by Gasteiger charge is -2.41. The number of nitrogens with one attached hydrogen (secondary N) is 1. The number of hydrazine groups is 1.